The van der Waals surface area contributed by atoms with E-state index in [0.717, 1.165) is 64.6 Å². The number of methoxy groups -OCH3 is 1. The largest absolute Gasteiger partial charge is 0.385 e. The van der Waals surface area contributed by atoms with Gasteiger partial charge in [0.1, 0.15) is 0 Å². The molecule has 1 aliphatic heterocycles. The van der Waals surface area contributed by atoms with Crippen molar-refractivity contribution < 1.29 is 9.47 Å². The Labute approximate surface area is 210 Å². The highest BCUT2D eigenvalue weighted by atomic mass is 127. The summed E-state index contributed by atoms with van der Waals surface area (Å²) in [5, 5.41) is 3.50. The molecule has 1 fully saturated rings. The van der Waals surface area contributed by atoms with E-state index in [4.69, 9.17) is 14.5 Å². The Kier molecular flexibility index (Phi) is 12.7. The Hall–Kier alpha value is -1.64. The maximum absolute atomic E-state index is 6.02. The molecule has 2 aromatic carbocycles. The lowest BCUT2D eigenvalue weighted by Gasteiger charge is -2.34. The smallest absolute Gasteiger partial charge is 0.193 e. The number of hydrogen-bond acceptors (Lipinski definition) is 3. The molecule has 0 radical (unpaired) electrons. The molecular weight excluding hydrogens is 513 g/mol. The number of hydrogen-bond donors (Lipinski definition) is 1. The van der Waals surface area contributed by atoms with Crippen molar-refractivity contribution in [3.05, 3.63) is 71.8 Å². The second kappa shape index (κ2) is 15.2. The third-order valence-corrected chi connectivity index (χ3v) is 5.75. The predicted octanol–water partition coefficient (Wildman–Crippen LogP) is 4.92. The molecule has 176 valence electrons. The van der Waals surface area contributed by atoms with Crippen LogP contribution in [-0.2, 0) is 9.47 Å². The number of guanidine groups is 1. The zero-order valence-corrected chi connectivity index (χ0v) is 21.7. The summed E-state index contributed by atoms with van der Waals surface area (Å²) in [5.74, 6) is 1.26. The van der Waals surface area contributed by atoms with Crippen LogP contribution in [0.5, 0.6) is 0 Å². The van der Waals surface area contributed by atoms with E-state index in [1.165, 1.54) is 11.1 Å². The molecule has 1 aliphatic rings. The molecule has 2 aromatic rings. The molecule has 32 heavy (non-hydrogen) atoms. The third-order valence-electron chi connectivity index (χ3n) is 5.75. The van der Waals surface area contributed by atoms with E-state index < -0.39 is 0 Å². The van der Waals surface area contributed by atoms with Crippen molar-refractivity contribution in [2.24, 2.45) is 4.99 Å². The Morgan fingerprint density at radius 2 is 1.59 bits per heavy atom. The van der Waals surface area contributed by atoms with Crippen molar-refractivity contribution >= 4 is 29.9 Å². The summed E-state index contributed by atoms with van der Waals surface area (Å²) in [6.45, 7) is 7.22. The van der Waals surface area contributed by atoms with Gasteiger partial charge < -0.3 is 19.7 Å². The first-order valence-electron chi connectivity index (χ1n) is 11.6. The number of rotatable bonds is 10. The van der Waals surface area contributed by atoms with Gasteiger partial charge in [-0.1, -0.05) is 60.7 Å². The number of piperidine rings is 1. The second-order valence-corrected chi connectivity index (χ2v) is 7.97. The number of nitrogens with zero attached hydrogens (tertiary/aromatic N) is 2. The Balaban J connectivity index is 0.00000363. The molecule has 1 N–H and O–H groups in total. The van der Waals surface area contributed by atoms with Gasteiger partial charge in [-0.15, -0.1) is 24.0 Å². The topological polar surface area (TPSA) is 46.1 Å². The maximum Gasteiger partial charge on any atom is 0.193 e. The monoisotopic (exact) mass is 551 g/mol. The summed E-state index contributed by atoms with van der Waals surface area (Å²) in [6, 6.07) is 21.4. The van der Waals surface area contributed by atoms with Crippen molar-refractivity contribution in [2.75, 3.05) is 46.5 Å². The van der Waals surface area contributed by atoms with Crippen LogP contribution < -0.4 is 5.32 Å². The van der Waals surface area contributed by atoms with E-state index >= 15 is 0 Å². The quantitative estimate of drug-likeness (QED) is 0.197. The second-order valence-electron chi connectivity index (χ2n) is 7.97. The average molecular weight is 552 g/mol. The first-order valence-corrected chi connectivity index (χ1v) is 11.6. The van der Waals surface area contributed by atoms with Gasteiger partial charge in [-0.3, -0.25) is 4.99 Å². The van der Waals surface area contributed by atoms with Gasteiger partial charge in [-0.2, -0.15) is 0 Å². The molecule has 6 heteroatoms. The number of benzene rings is 2. The molecule has 1 heterocycles. The lowest BCUT2D eigenvalue weighted by molar-refractivity contribution is 0.00990. The van der Waals surface area contributed by atoms with Gasteiger partial charge in [0.2, 0.25) is 0 Å². The van der Waals surface area contributed by atoms with Crippen molar-refractivity contribution in [3.63, 3.8) is 0 Å². The summed E-state index contributed by atoms with van der Waals surface area (Å²) < 4.78 is 11.1. The molecule has 0 spiro atoms. The Morgan fingerprint density at radius 3 is 2.12 bits per heavy atom. The van der Waals surface area contributed by atoms with Crippen molar-refractivity contribution in [3.8, 4) is 0 Å². The third kappa shape index (κ3) is 8.37. The molecule has 1 saturated heterocycles. The Bertz CT molecular complexity index is 726. The van der Waals surface area contributed by atoms with Crippen LogP contribution in [-0.4, -0.2) is 63.5 Å². The number of aliphatic imine (C=N–C) groups is 1. The molecule has 3 rings (SSSR count). The summed E-state index contributed by atoms with van der Waals surface area (Å²) in [5.41, 5.74) is 2.60. The van der Waals surface area contributed by atoms with Gasteiger partial charge in [0, 0.05) is 45.9 Å². The summed E-state index contributed by atoms with van der Waals surface area (Å²) in [7, 11) is 1.74. The molecule has 0 amide bonds. The molecule has 0 atom stereocenters. The van der Waals surface area contributed by atoms with Gasteiger partial charge in [0.25, 0.3) is 0 Å². The molecule has 5 nitrogen and oxygen atoms in total. The number of likely N-dealkylation sites (tertiary alicyclic amines) is 1. The van der Waals surface area contributed by atoms with Gasteiger partial charge >= 0.3 is 0 Å². The van der Waals surface area contributed by atoms with Crippen LogP contribution in [0, 0.1) is 0 Å². The predicted molar refractivity (Wildman–Crippen MR) is 143 cm³/mol. The zero-order valence-electron chi connectivity index (χ0n) is 19.4. The van der Waals surface area contributed by atoms with Crippen LogP contribution in [0.4, 0.5) is 0 Å². The normalized spacial score (nSPS) is 15.0. The lowest BCUT2D eigenvalue weighted by atomic mass is 9.91. The van der Waals surface area contributed by atoms with Gasteiger partial charge in [0.15, 0.2) is 5.96 Å². The van der Waals surface area contributed by atoms with E-state index in [-0.39, 0.29) is 29.9 Å². The standard InChI is InChI=1S/C26H37N3O2.HI/c1-3-27-26(29-17-15-24(16-18-29)31-20-10-19-30-2)28-21-25(22-11-6-4-7-12-22)23-13-8-5-9-14-23;/h4-9,11-14,24-25H,3,10,15-21H2,1-2H3,(H,27,28);1H. The molecule has 0 aromatic heterocycles. The number of halogens is 1. The maximum atomic E-state index is 6.02. The fourth-order valence-corrected chi connectivity index (χ4v) is 4.07. The molecule has 0 aliphatic carbocycles. The van der Waals surface area contributed by atoms with E-state index in [1.807, 2.05) is 0 Å². The fraction of sp³-hybridized carbons (Fsp3) is 0.500. The van der Waals surface area contributed by atoms with Crippen LogP contribution in [0.3, 0.4) is 0 Å². The minimum Gasteiger partial charge on any atom is -0.385 e. The summed E-state index contributed by atoms with van der Waals surface area (Å²) >= 11 is 0. The number of ether oxygens (including phenoxy) is 2. The van der Waals surface area contributed by atoms with Crippen molar-refractivity contribution in [1.82, 2.24) is 10.2 Å². The van der Waals surface area contributed by atoms with Gasteiger partial charge in [0.05, 0.1) is 12.6 Å². The summed E-state index contributed by atoms with van der Waals surface area (Å²) in [6.07, 6.45) is 3.38. The van der Waals surface area contributed by atoms with Crippen LogP contribution in [0.15, 0.2) is 65.7 Å². The van der Waals surface area contributed by atoms with E-state index in [1.54, 1.807) is 7.11 Å². The average Bonchev–Trinajstić information content (AvgIpc) is 2.83. The highest BCUT2D eigenvalue weighted by Crippen LogP contribution is 2.25. The lowest BCUT2D eigenvalue weighted by Crippen LogP contribution is -2.47. The van der Waals surface area contributed by atoms with Crippen LogP contribution in [0.1, 0.15) is 43.2 Å². The van der Waals surface area contributed by atoms with Gasteiger partial charge in [-0.05, 0) is 37.3 Å². The van der Waals surface area contributed by atoms with Crippen LogP contribution in [0.2, 0.25) is 0 Å². The van der Waals surface area contributed by atoms with Crippen LogP contribution >= 0.6 is 24.0 Å². The fourth-order valence-electron chi connectivity index (χ4n) is 4.07. The molecule has 0 saturated carbocycles. The highest BCUT2D eigenvalue weighted by molar-refractivity contribution is 14.0. The van der Waals surface area contributed by atoms with Crippen molar-refractivity contribution in [2.45, 2.75) is 38.2 Å². The van der Waals surface area contributed by atoms with Gasteiger partial charge in [-0.25, -0.2) is 0 Å². The zero-order chi connectivity index (χ0) is 21.7. The minimum absolute atomic E-state index is 0. The summed E-state index contributed by atoms with van der Waals surface area (Å²) in [4.78, 5) is 7.46. The van der Waals surface area contributed by atoms with E-state index in [9.17, 15) is 0 Å². The molecule has 0 unspecified atom stereocenters. The first-order chi connectivity index (χ1) is 15.3. The molecular formula is C26H38IN3O2. The van der Waals surface area contributed by atoms with Crippen LogP contribution in [0.25, 0.3) is 0 Å². The molecule has 0 bridgehead atoms. The SMILES string of the molecule is CCNC(=NCC(c1ccccc1)c1ccccc1)N1CCC(OCCCOC)CC1.I. The first kappa shape index (κ1) is 26.6. The minimum atomic E-state index is 0. The number of nitrogens with one attached hydrogen (secondary N) is 1. The highest BCUT2D eigenvalue weighted by Gasteiger charge is 2.22. The van der Waals surface area contributed by atoms with Crippen molar-refractivity contribution in [1.29, 1.82) is 0 Å². The Morgan fingerprint density at radius 1 is 1.00 bits per heavy atom. The van der Waals surface area contributed by atoms with E-state index in [0.29, 0.717) is 6.10 Å². The van der Waals surface area contributed by atoms with E-state index in [2.05, 4.69) is 77.8 Å².